The van der Waals surface area contributed by atoms with E-state index in [4.69, 9.17) is 0 Å². The van der Waals surface area contributed by atoms with Gasteiger partial charge in [-0.15, -0.1) is 0 Å². The summed E-state index contributed by atoms with van der Waals surface area (Å²) in [5.41, 5.74) is 11.5. The molecule has 0 atom stereocenters. The van der Waals surface area contributed by atoms with E-state index in [9.17, 15) is 0 Å². The first-order valence-corrected chi connectivity index (χ1v) is 17.8. The van der Waals surface area contributed by atoms with Crippen LogP contribution in [-0.4, -0.2) is 0 Å². The number of nitrogens with zero attached hydrogens (tertiary/aromatic N) is 2. The minimum absolute atomic E-state index is 1.10. The van der Waals surface area contributed by atoms with Crippen molar-refractivity contribution in [3.63, 3.8) is 0 Å². The van der Waals surface area contributed by atoms with Gasteiger partial charge in [0.15, 0.2) is 0 Å². The Morgan fingerprint density at radius 2 is 0.615 bits per heavy atom. The van der Waals surface area contributed by atoms with E-state index < -0.39 is 0 Å². The Morgan fingerprint density at radius 1 is 0.231 bits per heavy atom. The molecule has 0 unspecified atom stereocenters. The van der Waals surface area contributed by atoms with E-state index >= 15 is 0 Å². The number of fused-ring (bicyclic) bond motifs is 2. The summed E-state index contributed by atoms with van der Waals surface area (Å²) in [6.07, 6.45) is 0. The van der Waals surface area contributed by atoms with Crippen molar-refractivity contribution in [3.05, 3.63) is 218 Å². The Labute approximate surface area is 305 Å². The van der Waals surface area contributed by atoms with Gasteiger partial charge in [0.25, 0.3) is 0 Å². The molecule has 0 aliphatic rings. The Morgan fingerprint density at radius 3 is 1.15 bits per heavy atom. The van der Waals surface area contributed by atoms with E-state index in [1.807, 2.05) is 0 Å². The number of anilines is 6. The topological polar surface area (TPSA) is 6.48 Å². The fourth-order valence-electron chi connectivity index (χ4n) is 7.37. The minimum Gasteiger partial charge on any atom is -0.310 e. The van der Waals surface area contributed by atoms with Gasteiger partial charge in [0, 0.05) is 33.5 Å². The highest BCUT2D eigenvalue weighted by Gasteiger charge is 2.21. The molecule has 0 spiro atoms. The molecular formula is C50H36N2. The number of benzene rings is 9. The fourth-order valence-corrected chi connectivity index (χ4v) is 7.37. The number of para-hydroxylation sites is 2. The van der Waals surface area contributed by atoms with Crippen molar-refractivity contribution in [1.29, 1.82) is 0 Å². The van der Waals surface area contributed by atoms with Crippen LogP contribution in [0.1, 0.15) is 0 Å². The van der Waals surface area contributed by atoms with Crippen LogP contribution in [0.2, 0.25) is 0 Å². The lowest BCUT2D eigenvalue weighted by atomic mass is 9.98. The fraction of sp³-hybridized carbons (Fsp3) is 0. The van der Waals surface area contributed by atoms with Crippen LogP contribution in [0.15, 0.2) is 218 Å². The molecular weight excluding hydrogens is 629 g/mol. The molecule has 0 radical (unpaired) electrons. The molecule has 9 aromatic rings. The van der Waals surface area contributed by atoms with E-state index in [1.165, 1.54) is 43.8 Å². The summed E-state index contributed by atoms with van der Waals surface area (Å²) in [5, 5.41) is 4.85. The second-order valence-electron chi connectivity index (χ2n) is 13.0. The zero-order valence-corrected chi connectivity index (χ0v) is 28.7. The van der Waals surface area contributed by atoms with Crippen molar-refractivity contribution in [1.82, 2.24) is 0 Å². The van der Waals surface area contributed by atoms with Crippen molar-refractivity contribution in [2.24, 2.45) is 0 Å². The average Bonchev–Trinajstić information content (AvgIpc) is 3.23. The number of rotatable bonds is 8. The number of hydrogen-bond donors (Lipinski definition) is 0. The molecule has 246 valence electrons. The van der Waals surface area contributed by atoms with Crippen LogP contribution in [0, 0.1) is 0 Å². The summed E-state index contributed by atoms with van der Waals surface area (Å²) >= 11 is 0. The molecule has 0 aromatic heterocycles. The predicted molar refractivity (Wildman–Crippen MR) is 222 cm³/mol. The van der Waals surface area contributed by atoms with Gasteiger partial charge in [0.1, 0.15) is 0 Å². The second kappa shape index (κ2) is 13.8. The van der Waals surface area contributed by atoms with Crippen LogP contribution in [0.5, 0.6) is 0 Å². The molecule has 0 heterocycles. The molecule has 2 heteroatoms. The first-order valence-electron chi connectivity index (χ1n) is 17.8. The molecule has 0 aliphatic carbocycles. The van der Waals surface area contributed by atoms with Gasteiger partial charge in [-0.05, 0) is 93.7 Å². The molecule has 2 nitrogen and oxygen atoms in total. The molecule has 0 saturated heterocycles. The molecule has 0 bridgehead atoms. The summed E-state index contributed by atoms with van der Waals surface area (Å²) in [6.45, 7) is 0. The van der Waals surface area contributed by atoms with E-state index in [-0.39, 0.29) is 0 Å². The van der Waals surface area contributed by atoms with Crippen molar-refractivity contribution < 1.29 is 0 Å². The zero-order chi connectivity index (χ0) is 34.7. The van der Waals surface area contributed by atoms with Crippen molar-refractivity contribution >= 4 is 55.7 Å². The average molecular weight is 665 g/mol. The monoisotopic (exact) mass is 664 g/mol. The van der Waals surface area contributed by atoms with E-state index in [0.717, 1.165) is 34.1 Å². The first kappa shape index (κ1) is 31.1. The van der Waals surface area contributed by atoms with Crippen LogP contribution < -0.4 is 9.80 Å². The molecule has 0 aliphatic heterocycles. The molecule has 0 N–H and O–H groups in total. The molecule has 9 aromatic carbocycles. The normalized spacial score (nSPS) is 11.1. The summed E-state index contributed by atoms with van der Waals surface area (Å²) in [4.78, 5) is 4.74. The third kappa shape index (κ3) is 5.87. The van der Waals surface area contributed by atoms with Crippen LogP contribution in [0.3, 0.4) is 0 Å². The third-order valence-electron chi connectivity index (χ3n) is 9.85. The summed E-state index contributed by atoms with van der Waals surface area (Å²) in [5.74, 6) is 0. The van der Waals surface area contributed by atoms with E-state index in [2.05, 4.69) is 228 Å². The van der Waals surface area contributed by atoms with E-state index in [0.29, 0.717) is 0 Å². The Balaban J connectivity index is 1.17. The largest absolute Gasteiger partial charge is 0.310 e. The van der Waals surface area contributed by atoms with Gasteiger partial charge in [0.2, 0.25) is 0 Å². The summed E-state index contributed by atoms with van der Waals surface area (Å²) < 4.78 is 0. The Bertz CT molecular complexity index is 2590. The molecule has 0 saturated carbocycles. The lowest BCUT2D eigenvalue weighted by molar-refractivity contribution is 1.28. The van der Waals surface area contributed by atoms with Gasteiger partial charge in [-0.3, -0.25) is 0 Å². The van der Waals surface area contributed by atoms with Crippen LogP contribution >= 0.6 is 0 Å². The second-order valence-corrected chi connectivity index (χ2v) is 13.0. The van der Waals surface area contributed by atoms with Crippen LogP contribution in [-0.2, 0) is 0 Å². The molecule has 0 fully saturated rings. The maximum absolute atomic E-state index is 2.38. The van der Waals surface area contributed by atoms with Gasteiger partial charge >= 0.3 is 0 Å². The highest BCUT2D eigenvalue weighted by atomic mass is 15.2. The number of hydrogen-bond acceptors (Lipinski definition) is 2. The van der Waals surface area contributed by atoms with Gasteiger partial charge < -0.3 is 9.80 Å². The smallest absolute Gasteiger partial charge is 0.0541 e. The summed E-state index contributed by atoms with van der Waals surface area (Å²) in [6, 6.07) is 78.2. The zero-order valence-electron chi connectivity index (χ0n) is 28.7. The van der Waals surface area contributed by atoms with Gasteiger partial charge in [-0.2, -0.15) is 0 Å². The first-order chi connectivity index (χ1) is 25.8. The maximum Gasteiger partial charge on any atom is 0.0541 e. The van der Waals surface area contributed by atoms with E-state index in [1.54, 1.807) is 0 Å². The van der Waals surface area contributed by atoms with Crippen LogP contribution in [0.25, 0.3) is 43.8 Å². The lowest BCUT2D eigenvalue weighted by Crippen LogP contribution is -2.13. The highest BCUT2D eigenvalue weighted by molar-refractivity contribution is 6.07. The Kier molecular flexibility index (Phi) is 8.24. The van der Waals surface area contributed by atoms with Gasteiger partial charge in [-0.1, -0.05) is 158 Å². The lowest BCUT2D eigenvalue weighted by Gasteiger charge is -2.30. The van der Waals surface area contributed by atoms with Crippen molar-refractivity contribution in [2.45, 2.75) is 0 Å². The SMILES string of the molecule is c1ccc(-c2ccc(N(c3ccccc3)c3ccc(N(c4ccccc4)c4ccc(-c5cccc6ccccc56)cc4)c4ccccc34)cc2)cc1. The quantitative estimate of drug-likeness (QED) is 0.159. The minimum atomic E-state index is 1.10. The molecule has 9 rings (SSSR count). The standard InChI is InChI=1S/C50H36N2/c1-4-15-37(16-5-1)38-27-31-43(32-28-38)51(41-19-6-2-7-20-41)49-35-36-50(48-25-13-12-24-47(48)49)52(42-21-8-3-9-22-42)44-33-29-40(30-34-44)46-26-14-18-39-17-10-11-23-45(39)46/h1-36H. The predicted octanol–water partition coefficient (Wildman–Crippen LogP) is 14.3. The van der Waals surface area contributed by atoms with Crippen molar-refractivity contribution in [3.8, 4) is 22.3 Å². The summed E-state index contributed by atoms with van der Waals surface area (Å²) in [7, 11) is 0. The highest BCUT2D eigenvalue weighted by Crippen LogP contribution is 2.45. The molecule has 0 amide bonds. The Hall–Kier alpha value is -6.90. The van der Waals surface area contributed by atoms with Gasteiger partial charge in [-0.25, -0.2) is 0 Å². The van der Waals surface area contributed by atoms with Crippen molar-refractivity contribution in [2.75, 3.05) is 9.80 Å². The van der Waals surface area contributed by atoms with Crippen LogP contribution in [0.4, 0.5) is 34.1 Å². The van der Waals surface area contributed by atoms with Gasteiger partial charge in [0.05, 0.1) is 11.4 Å². The maximum atomic E-state index is 2.38. The molecule has 52 heavy (non-hydrogen) atoms. The third-order valence-corrected chi connectivity index (χ3v) is 9.85.